The van der Waals surface area contributed by atoms with Gasteiger partial charge in [0.2, 0.25) is 10.0 Å². The Morgan fingerprint density at radius 2 is 1.83 bits per heavy atom. The number of benzene rings is 2. The van der Waals surface area contributed by atoms with Crippen LogP contribution >= 0.6 is 0 Å². The average molecular weight is 431 g/mol. The number of amides is 1. The maximum absolute atomic E-state index is 12.9. The standard InChI is InChI=1S/C23H30N2O4S/c1-18-8-6-9-20(16-18)29-15-7-12-24-23(26)22-17-21(11-10-19(22)2)30(27,28)25-13-4-3-5-14-25/h6,8-11,16-17H,3-5,7,12-15H2,1-2H3,(H,24,26). The summed E-state index contributed by atoms with van der Waals surface area (Å²) in [5, 5.41) is 2.87. The predicted molar refractivity (Wildman–Crippen MR) is 117 cm³/mol. The minimum absolute atomic E-state index is 0.183. The highest BCUT2D eigenvalue weighted by molar-refractivity contribution is 7.89. The zero-order valence-electron chi connectivity index (χ0n) is 17.7. The van der Waals surface area contributed by atoms with Crippen LogP contribution in [0.1, 0.15) is 47.2 Å². The first-order chi connectivity index (χ1) is 14.4. The second-order valence-corrected chi connectivity index (χ2v) is 9.65. The Hall–Kier alpha value is -2.38. The molecule has 3 rings (SSSR count). The third kappa shape index (κ3) is 5.61. The normalized spacial score (nSPS) is 15.0. The van der Waals surface area contributed by atoms with Crippen molar-refractivity contribution in [1.82, 2.24) is 9.62 Å². The zero-order chi connectivity index (χ0) is 21.6. The first-order valence-corrected chi connectivity index (χ1v) is 11.9. The van der Waals surface area contributed by atoms with E-state index in [1.165, 1.54) is 10.4 Å². The number of hydrogen-bond acceptors (Lipinski definition) is 4. The summed E-state index contributed by atoms with van der Waals surface area (Å²) < 4.78 is 33.0. The van der Waals surface area contributed by atoms with Gasteiger partial charge < -0.3 is 10.1 Å². The van der Waals surface area contributed by atoms with E-state index in [9.17, 15) is 13.2 Å². The quantitative estimate of drug-likeness (QED) is 0.648. The second kappa shape index (κ2) is 10.1. The lowest BCUT2D eigenvalue weighted by Crippen LogP contribution is -2.35. The molecule has 30 heavy (non-hydrogen) atoms. The Bertz CT molecular complexity index is 982. The molecule has 1 N–H and O–H groups in total. The van der Waals surface area contributed by atoms with Crippen LogP contribution in [-0.4, -0.2) is 44.9 Å². The molecule has 6 nitrogen and oxygen atoms in total. The number of sulfonamides is 1. The Kier molecular flexibility index (Phi) is 7.50. The molecule has 0 unspecified atom stereocenters. The first-order valence-electron chi connectivity index (χ1n) is 10.5. The molecule has 2 aromatic carbocycles. The monoisotopic (exact) mass is 430 g/mol. The zero-order valence-corrected chi connectivity index (χ0v) is 18.5. The lowest BCUT2D eigenvalue weighted by Gasteiger charge is -2.26. The molecular formula is C23H30N2O4S. The van der Waals surface area contributed by atoms with E-state index in [1.54, 1.807) is 12.1 Å². The largest absolute Gasteiger partial charge is 0.494 e. The highest BCUT2D eigenvalue weighted by atomic mass is 32.2. The van der Waals surface area contributed by atoms with E-state index in [1.807, 2.05) is 38.1 Å². The average Bonchev–Trinajstić information content (AvgIpc) is 2.74. The van der Waals surface area contributed by atoms with Gasteiger partial charge in [-0.25, -0.2) is 8.42 Å². The minimum atomic E-state index is -3.56. The van der Waals surface area contributed by atoms with Crippen LogP contribution in [0.2, 0.25) is 0 Å². The van der Waals surface area contributed by atoms with Crippen LogP contribution in [0, 0.1) is 13.8 Å². The number of rotatable bonds is 8. The summed E-state index contributed by atoms with van der Waals surface area (Å²) in [7, 11) is -3.56. The SMILES string of the molecule is Cc1cccc(OCCCNC(=O)c2cc(S(=O)(=O)N3CCCCC3)ccc2C)c1. The van der Waals surface area contributed by atoms with E-state index < -0.39 is 10.0 Å². The lowest BCUT2D eigenvalue weighted by atomic mass is 10.1. The number of carbonyl (C=O) groups excluding carboxylic acids is 1. The fourth-order valence-electron chi connectivity index (χ4n) is 3.52. The molecule has 0 aliphatic carbocycles. The van der Waals surface area contributed by atoms with Gasteiger partial charge in [0.1, 0.15) is 5.75 Å². The third-order valence-corrected chi connectivity index (χ3v) is 7.17. The first kappa shape index (κ1) is 22.3. The molecule has 1 heterocycles. The van der Waals surface area contributed by atoms with Crippen LogP contribution in [0.15, 0.2) is 47.4 Å². The smallest absolute Gasteiger partial charge is 0.251 e. The molecule has 1 amide bonds. The molecule has 1 fully saturated rings. The summed E-state index contributed by atoms with van der Waals surface area (Å²) in [6, 6.07) is 12.6. The molecule has 162 valence electrons. The fourth-order valence-corrected chi connectivity index (χ4v) is 5.07. The number of piperidine rings is 1. The number of ether oxygens (including phenoxy) is 1. The number of hydrogen-bond donors (Lipinski definition) is 1. The molecule has 2 aromatic rings. The van der Waals surface area contributed by atoms with Crippen molar-refractivity contribution in [3.8, 4) is 5.75 Å². The number of nitrogens with one attached hydrogen (secondary N) is 1. The molecule has 1 aliphatic rings. The van der Waals surface area contributed by atoms with Crippen LogP contribution < -0.4 is 10.1 Å². The van der Waals surface area contributed by atoms with Crippen LogP contribution in [0.25, 0.3) is 0 Å². The Morgan fingerprint density at radius 3 is 2.57 bits per heavy atom. The van der Waals surface area contributed by atoms with Crippen molar-refractivity contribution in [3.05, 3.63) is 59.2 Å². The Balaban J connectivity index is 1.57. The number of aryl methyl sites for hydroxylation is 2. The van der Waals surface area contributed by atoms with Gasteiger partial charge in [-0.15, -0.1) is 0 Å². The summed E-state index contributed by atoms with van der Waals surface area (Å²) in [4.78, 5) is 12.8. The van der Waals surface area contributed by atoms with Gasteiger partial charge in [0.05, 0.1) is 11.5 Å². The van der Waals surface area contributed by atoms with Crippen molar-refractivity contribution in [2.24, 2.45) is 0 Å². The molecule has 0 saturated carbocycles. The highest BCUT2D eigenvalue weighted by Gasteiger charge is 2.27. The maximum Gasteiger partial charge on any atom is 0.251 e. The molecule has 0 atom stereocenters. The summed E-state index contributed by atoms with van der Waals surface area (Å²) in [6.07, 6.45) is 3.47. The van der Waals surface area contributed by atoms with Gasteiger partial charge in [-0.2, -0.15) is 4.31 Å². The molecule has 0 spiro atoms. The summed E-state index contributed by atoms with van der Waals surface area (Å²) in [6.45, 7) is 5.85. The van der Waals surface area contributed by atoms with E-state index in [0.29, 0.717) is 38.2 Å². The maximum atomic E-state index is 12.9. The second-order valence-electron chi connectivity index (χ2n) is 7.72. The molecule has 1 aliphatic heterocycles. The number of carbonyl (C=O) groups is 1. The van der Waals surface area contributed by atoms with Crippen molar-refractivity contribution in [3.63, 3.8) is 0 Å². The minimum Gasteiger partial charge on any atom is -0.494 e. The summed E-state index contributed by atoms with van der Waals surface area (Å²) >= 11 is 0. The van der Waals surface area contributed by atoms with E-state index in [2.05, 4.69) is 5.32 Å². The van der Waals surface area contributed by atoms with Gasteiger partial charge in [-0.3, -0.25) is 4.79 Å². The van der Waals surface area contributed by atoms with Crippen LogP contribution in [-0.2, 0) is 10.0 Å². The van der Waals surface area contributed by atoms with Gasteiger partial charge in [0.25, 0.3) is 5.91 Å². The van der Waals surface area contributed by atoms with Crippen LogP contribution in [0.5, 0.6) is 5.75 Å². The summed E-state index contributed by atoms with van der Waals surface area (Å²) in [5.74, 6) is 0.548. The van der Waals surface area contributed by atoms with Crippen molar-refractivity contribution in [1.29, 1.82) is 0 Å². The van der Waals surface area contributed by atoms with Crippen molar-refractivity contribution in [2.45, 2.75) is 44.4 Å². The van der Waals surface area contributed by atoms with Gasteiger partial charge in [0.15, 0.2) is 0 Å². The van der Waals surface area contributed by atoms with E-state index in [4.69, 9.17) is 4.74 Å². The van der Waals surface area contributed by atoms with E-state index in [-0.39, 0.29) is 10.8 Å². The van der Waals surface area contributed by atoms with Gasteiger partial charge in [0, 0.05) is 25.2 Å². The van der Waals surface area contributed by atoms with Crippen LogP contribution in [0.4, 0.5) is 0 Å². The molecule has 7 heteroatoms. The fraction of sp³-hybridized carbons (Fsp3) is 0.435. The third-order valence-electron chi connectivity index (χ3n) is 5.27. The Morgan fingerprint density at radius 1 is 1.07 bits per heavy atom. The highest BCUT2D eigenvalue weighted by Crippen LogP contribution is 2.23. The van der Waals surface area contributed by atoms with Gasteiger partial charge in [-0.05, 0) is 68.5 Å². The van der Waals surface area contributed by atoms with E-state index in [0.717, 1.165) is 36.1 Å². The van der Waals surface area contributed by atoms with E-state index >= 15 is 0 Å². The van der Waals surface area contributed by atoms with Gasteiger partial charge in [-0.1, -0.05) is 24.6 Å². The molecule has 0 radical (unpaired) electrons. The lowest BCUT2D eigenvalue weighted by molar-refractivity contribution is 0.0950. The van der Waals surface area contributed by atoms with Crippen molar-refractivity contribution in [2.75, 3.05) is 26.2 Å². The van der Waals surface area contributed by atoms with Crippen molar-refractivity contribution < 1.29 is 17.9 Å². The van der Waals surface area contributed by atoms with Crippen LogP contribution in [0.3, 0.4) is 0 Å². The predicted octanol–water partition coefficient (Wildman–Crippen LogP) is 3.68. The van der Waals surface area contributed by atoms with Gasteiger partial charge >= 0.3 is 0 Å². The molecule has 0 bridgehead atoms. The number of nitrogens with zero attached hydrogens (tertiary/aromatic N) is 1. The van der Waals surface area contributed by atoms with Crippen molar-refractivity contribution >= 4 is 15.9 Å². The summed E-state index contributed by atoms with van der Waals surface area (Å²) in [5.41, 5.74) is 2.28. The molecule has 1 saturated heterocycles. The molecule has 0 aromatic heterocycles. The molecular weight excluding hydrogens is 400 g/mol. The topological polar surface area (TPSA) is 75.7 Å². The Labute approximate surface area is 179 Å².